The summed E-state index contributed by atoms with van der Waals surface area (Å²) in [6, 6.07) is 3.47. The molecule has 0 bridgehead atoms. The number of carboxylic acid groups (broad SMARTS) is 1. The zero-order valence-electron chi connectivity index (χ0n) is 9.76. The van der Waals surface area contributed by atoms with Gasteiger partial charge in [-0.3, -0.25) is 9.59 Å². The van der Waals surface area contributed by atoms with Crippen LogP contribution in [0.4, 0.5) is 5.82 Å². The largest absolute Gasteiger partial charge is 0.481 e. The number of rotatable bonds is 7. The van der Waals surface area contributed by atoms with E-state index in [1.165, 1.54) is 11.8 Å². The maximum atomic E-state index is 11.4. The van der Waals surface area contributed by atoms with Gasteiger partial charge in [-0.05, 0) is 18.6 Å². The minimum atomic E-state index is -0.855. The molecule has 0 atom stereocenters. The Labute approximate surface area is 109 Å². The van der Waals surface area contributed by atoms with Crippen molar-refractivity contribution >= 4 is 29.5 Å². The molecule has 0 spiro atoms. The van der Waals surface area contributed by atoms with Gasteiger partial charge in [0.2, 0.25) is 5.91 Å². The summed E-state index contributed by atoms with van der Waals surface area (Å²) in [7, 11) is 0. The first-order valence-electron chi connectivity index (χ1n) is 5.41. The lowest BCUT2D eigenvalue weighted by atomic mass is 10.3. The average molecular weight is 269 g/mol. The molecule has 1 heterocycles. The summed E-state index contributed by atoms with van der Waals surface area (Å²) >= 11 is 1.36. The third kappa shape index (κ3) is 6.09. The predicted octanol–water partition coefficient (Wildman–Crippen LogP) is 0.737. The molecule has 0 aliphatic heterocycles. The lowest BCUT2D eigenvalue weighted by molar-refractivity contribution is -0.137. The molecule has 0 aromatic carbocycles. The van der Waals surface area contributed by atoms with Gasteiger partial charge in [-0.25, -0.2) is 4.98 Å². The number of carbonyl (C=O) groups is 2. The van der Waals surface area contributed by atoms with Crippen LogP contribution in [-0.2, 0) is 9.59 Å². The van der Waals surface area contributed by atoms with Crippen molar-refractivity contribution in [2.45, 2.75) is 17.7 Å². The van der Waals surface area contributed by atoms with E-state index >= 15 is 0 Å². The van der Waals surface area contributed by atoms with Crippen LogP contribution in [0.1, 0.15) is 12.8 Å². The SMILES string of the molecule is Nc1ccc(SCC(=O)NCCCC(=O)O)cn1. The monoisotopic (exact) mass is 269 g/mol. The molecule has 7 heteroatoms. The minimum Gasteiger partial charge on any atom is -0.481 e. The number of pyridine rings is 1. The smallest absolute Gasteiger partial charge is 0.303 e. The summed E-state index contributed by atoms with van der Waals surface area (Å²) in [4.78, 5) is 26.4. The molecule has 0 radical (unpaired) electrons. The molecule has 0 saturated heterocycles. The number of hydrogen-bond donors (Lipinski definition) is 3. The van der Waals surface area contributed by atoms with Gasteiger partial charge in [0, 0.05) is 24.1 Å². The fraction of sp³-hybridized carbons (Fsp3) is 0.364. The number of amides is 1. The Morgan fingerprint density at radius 2 is 2.22 bits per heavy atom. The molecule has 4 N–H and O–H groups in total. The van der Waals surface area contributed by atoms with Gasteiger partial charge in [0.15, 0.2) is 0 Å². The number of carbonyl (C=O) groups excluding carboxylic acids is 1. The number of aromatic nitrogens is 1. The second kappa shape index (κ2) is 7.54. The Morgan fingerprint density at radius 1 is 1.44 bits per heavy atom. The summed E-state index contributed by atoms with van der Waals surface area (Å²) in [6.07, 6.45) is 2.11. The fourth-order valence-electron chi connectivity index (χ4n) is 1.14. The molecule has 0 aliphatic rings. The number of hydrogen-bond acceptors (Lipinski definition) is 5. The van der Waals surface area contributed by atoms with Crippen molar-refractivity contribution in [3.63, 3.8) is 0 Å². The van der Waals surface area contributed by atoms with E-state index in [-0.39, 0.29) is 18.1 Å². The van der Waals surface area contributed by atoms with Crippen LogP contribution in [-0.4, -0.2) is 34.3 Å². The molecule has 1 aromatic rings. The van der Waals surface area contributed by atoms with Crippen LogP contribution < -0.4 is 11.1 Å². The van der Waals surface area contributed by atoms with E-state index in [9.17, 15) is 9.59 Å². The lowest BCUT2D eigenvalue weighted by Gasteiger charge is -2.04. The van der Waals surface area contributed by atoms with E-state index in [0.29, 0.717) is 18.8 Å². The topological polar surface area (TPSA) is 105 Å². The van der Waals surface area contributed by atoms with Gasteiger partial charge < -0.3 is 16.2 Å². The van der Waals surface area contributed by atoms with E-state index in [4.69, 9.17) is 10.8 Å². The summed E-state index contributed by atoms with van der Waals surface area (Å²) in [6.45, 7) is 0.381. The summed E-state index contributed by atoms with van der Waals surface area (Å²) in [5, 5.41) is 11.1. The first-order valence-corrected chi connectivity index (χ1v) is 6.39. The highest BCUT2D eigenvalue weighted by Gasteiger charge is 2.03. The number of aliphatic carboxylic acids is 1. The number of nitrogens with one attached hydrogen (secondary N) is 1. The van der Waals surface area contributed by atoms with Gasteiger partial charge in [0.25, 0.3) is 0 Å². The molecule has 1 aromatic heterocycles. The highest BCUT2D eigenvalue weighted by Crippen LogP contribution is 2.16. The summed E-state index contributed by atoms with van der Waals surface area (Å²) in [5.41, 5.74) is 5.44. The molecule has 0 saturated carbocycles. The van der Waals surface area contributed by atoms with Crippen LogP contribution in [0.3, 0.4) is 0 Å². The van der Waals surface area contributed by atoms with E-state index in [0.717, 1.165) is 4.90 Å². The van der Waals surface area contributed by atoms with E-state index in [1.54, 1.807) is 18.3 Å². The van der Waals surface area contributed by atoms with Gasteiger partial charge >= 0.3 is 5.97 Å². The third-order valence-corrected chi connectivity index (χ3v) is 3.00. The number of nitrogens with two attached hydrogens (primary N) is 1. The van der Waals surface area contributed by atoms with Crippen LogP contribution in [0.15, 0.2) is 23.2 Å². The predicted molar refractivity (Wildman–Crippen MR) is 69.3 cm³/mol. The zero-order chi connectivity index (χ0) is 13.4. The van der Waals surface area contributed by atoms with Crippen molar-refractivity contribution in [1.29, 1.82) is 0 Å². The number of anilines is 1. The van der Waals surface area contributed by atoms with Crippen molar-refractivity contribution in [3.8, 4) is 0 Å². The molecule has 0 unspecified atom stereocenters. The Hall–Kier alpha value is -1.76. The number of nitrogen functional groups attached to an aromatic ring is 1. The maximum Gasteiger partial charge on any atom is 0.303 e. The highest BCUT2D eigenvalue weighted by atomic mass is 32.2. The molecule has 6 nitrogen and oxygen atoms in total. The van der Waals surface area contributed by atoms with E-state index in [1.807, 2.05) is 0 Å². The van der Waals surface area contributed by atoms with Crippen molar-refractivity contribution in [3.05, 3.63) is 18.3 Å². The van der Waals surface area contributed by atoms with Crippen LogP contribution >= 0.6 is 11.8 Å². The Kier molecular flexibility index (Phi) is 5.99. The molecule has 0 aliphatic carbocycles. The van der Waals surface area contributed by atoms with Gasteiger partial charge in [-0.2, -0.15) is 0 Å². The lowest BCUT2D eigenvalue weighted by Crippen LogP contribution is -2.26. The highest BCUT2D eigenvalue weighted by molar-refractivity contribution is 8.00. The van der Waals surface area contributed by atoms with Crippen LogP contribution in [0.25, 0.3) is 0 Å². The number of nitrogens with zero attached hydrogens (tertiary/aromatic N) is 1. The molecule has 1 rings (SSSR count). The van der Waals surface area contributed by atoms with Crippen molar-refractivity contribution in [2.24, 2.45) is 0 Å². The van der Waals surface area contributed by atoms with Crippen LogP contribution in [0, 0.1) is 0 Å². The van der Waals surface area contributed by atoms with Crippen LogP contribution in [0.2, 0.25) is 0 Å². The Morgan fingerprint density at radius 3 is 2.83 bits per heavy atom. The molecular weight excluding hydrogens is 254 g/mol. The molecule has 18 heavy (non-hydrogen) atoms. The summed E-state index contributed by atoms with van der Waals surface area (Å²) < 4.78 is 0. The van der Waals surface area contributed by atoms with Crippen molar-refractivity contribution in [1.82, 2.24) is 10.3 Å². The third-order valence-electron chi connectivity index (χ3n) is 2.02. The number of carboxylic acids is 1. The molecule has 98 valence electrons. The molecule has 0 fully saturated rings. The average Bonchev–Trinajstić information content (AvgIpc) is 2.34. The first kappa shape index (κ1) is 14.3. The quantitative estimate of drug-likeness (QED) is 0.498. The molecular formula is C11H15N3O3S. The first-order chi connectivity index (χ1) is 8.58. The fourth-order valence-corrected chi connectivity index (χ4v) is 1.84. The van der Waals surface area contributed by atoms with Gasteiger partial charge in [-0.1, -0.05) is 0 Å². The summed E-state index contributed by atoms with van der Waals surface area (Å²) in [5.74, 6) is -0.259. The van der Waals surface area contributed by atoms with E-state index in [2.05, 4.69) is 10.3 Å². The van der Waals surface area contributed by atoms with Crippen molar-refractivity contribution < 1.29 is 14.7 Å². The number of thioether (sulfide) groups is 1. The van der Waals surface area contributed by atoms with Crippen LogP contribution in [0.5, 0.6) is 0 Å². The maximum absolute atomic E-state index is 11.4. The molecule has 1 amide bonds. The van der Waals surface area contributed by atoms with Gasteiger partial charge in [0.05, 0.1) is 5.75 Å². The van der Waals surface area contributed by atoms with E-state index < -0.39 is 5.97 Å². The normalized spacial score (nSPS) is 10.0. The second-order valence-corrected chi connectivity index (χ2v) is 4.60. The minimum absolute atomic E-state index is 0.0648. The van der Waals surface area contributed by atoms with Gasteiger partial charge in [-0.15, -0.1) is 11.8 Å². The van der Waals surface area contributed by atoms with Crippen molar-refractivity contribution in [2.75, 3.05) is 18.0 Å². The Bertz CT molecular complexity index is 408. The van der Waals surface area contributed by atoms with Gasteiger partial charge in [0.1, 0.15) is 5.82 Å². The zero-order valence-corrected chi connectivity index (χ0v) is 10.6. The standard InChI is InChI=1S/C11H15N3O3S/c12-9-4-3-8(6-14-9)18-7-10(15)13-5-1-2-11(16)17/h3-4,6H,1-2,5,7H2,(H2,12,14)(H,13,15)(H,16,17). The second-order valence-electron chi connectivity index (χ2n) is 3.55. The Balaban J connectivity index is 2.17.